The van der Waals surface area contributed by atoms with Crippen molar-refractivity contribution in [2.75, 3.05) is 0 Å². The molecule has 0 spiro atoms. The van der Waals surface area contributed by atoms with Crippen molar-refractivity contribution in [2.45, 2.75) is 0 Å². The number of nitrogens with zero attached hydrogens (tertiary/aromatic N) is 2. The van der Waals surface area contributed by atoms with Gasteiger partial charge in [0.2, 0.25) is 0 Å². The normalized spacial score (nSPS) is 10.7. The molecule has 0 bridgehead atoms. The summed E-state index contributed by atoms with van der Waals surface area (Å²) in [6.07, 6.45) is 1.22. The summed E-state index contributed by atoms with van der Waals surface area (Å²) < 4.78 is 10.9. The number of hydrazone groups is 1. The minimum absolute atomic E-state index is 0.0188. The van der Waals surface area contributed by atoms with Gasteiger partial charge in [-0.2, -0.15) is 5.10 Å². The second-order valence-corrected chi connectivity index (χ2v) is 8.87. The van der Waals surface area contributed by atoms with Gasteiger partial charge in [0.25, 0.3) is 11.6 Å². The summed E-state index contributed by atoms with van der Waals surface area (Å²) in [4.78, 5) is 47.9. The first kappa shape index (κ1) is 28.0. The number of rotatable bonds is 8. The molecule has 0 saturated heterocycles. The number of nitrogens with one attached hydrogen (secondary N) is 1. The van der Waals surface area contributed by atoms with Gasteiger partial charge >= 0.3 is 11.9 Å². The number of esters is 2. The van der Waals surface area contributed by atoms with Crippen molar-refractivity contribution < 1.29 is 28.8 Å². The number of amides is 1. The lowest BCUT2D eigenvalue weighted by atomic mass is 10.2. The van der Waals surface area contributed by atoms with Crippen LogP contribution in [0.3, 0.4) is 0 Å². The molecule has 0 radical (unpaired) electrons. The van der Waals surface area contributed by atoms with Gasteiger partial charge in [0, 0.05) is 39.4 Å². The van der Waals surface area contributed by atoms with Gasteiger partial charge in [0.05, 0.1) is 22.3 Å². The Morgan fingerprint density at radius 3 is 1.82 bits per heavy atom. The van der Waals surface area contributed by atoms with Crippen LogP contribution >= 0.6 is 23.2 Å². The standard InChI is InChI=1S/C28H17Cl2N3O7/c29-21-8-1-18(2-9-21)27(35)39-24-14-7-20(25(15-24)40-28(36)19-3-10-22(30)11-4-19)16-31-32-26(34)17-5-12-23(13-6-17)33(37)38/h1-16H,(H,32,34)/b31-16+. The summed E-state index contributed by atoms with van der Waals surface area (Å²) >= 11 is 11.8. The highest BCUT2D eigenvalue weighted by molar-refractivity contribution is 6.31. The summed E-state index contributed by atoms with van der Waals surface area (Å²) in [6.45, 7) is 0. The summed E-state index contributed by atoms with van der Waals surface area (Å²) in [7, 11) is 0. The van der Waals surface area contributed by atoms with E-state index in [0.717, 1.165) is 0 Å². The van der Waals surface area contributed by atoms with Gasteiger partial charge in [0.15, 0.2) is 0 Å². The van der Waals surface area contributed by atoms with Crippen LogP contribution in [0.2, 0.25) is 10.0 Å². The first-order chi connectivity index (χ1) is 19.2. The highest BCUT2D eigenvalue weighted by Crippen LogP contribution is 2.26. The first-order valence-corrected chi connectivity index (χ1v) is 12.1. The molecule has 10 nitrogen and oxygen atoms in total. The Morgan fingerprint density at radius 2 is 1.27 bits per heavy atom. The number of hydrogen-bond acceptors (Lipinski definition) is 8. The molecule has 1 N–H and O–H groups in total. The molecular formula is C28H17Cl2N3O7. The molecule has 0 aliphatic heterocycles. The fraction of sp³-hybridized carbons (Fsp3) is 0. The van der Waals surface area contributed by atoms with Crippen LogP contribution in [-0.4, -0.2) is 29.0 Å². The van der Waals surface area contributed by atoms with Gasteiger partial charge in [-0.05, 0) is 72.8 Å². The number of nitro benzene ring substituents is 1. The van der Waals surface area contributed by atoms with E-state index < -0.39 is 22.8 Å². The van der Waals surface area contributed by atoms with Crippen LogP contribution in [0.15, 0.2) is 96.1 Å². The number of nitro groups is 1. The van der Waals surface area contributed by atoms with Crippen LogP contribution in [0.5, 0.6) is 11.5 Å². The van der Waals surface area contributed by atoms with Gasteiger partial charge in [-0.1, -0.05) is 23.2 Å². The molecular weight excluding hydrogens is 561 g/mol. The van der Waals surface area contributed by atoms with Crippen molar-refractivity contribution in [3.8, 4) is 11.5 Å². The molecule has 4 aromatic carbocycles. The molecule has 0 heterocycles. The summed E-state index contributed by atoms with van der Waals surface area (Å²) in [5.41, 5.74) is 3.00. The van der Waals surface area contributed by atoms with E-state index in [1.165, 1.54) is 85.1 Å². The largest absolute Gasteiger partial charge is 0.423 e. The Hall–Kier alpha value is -5.06. The molecule has 40 heavy (non-hydrogen) atoms. The van der Waals surface area contributed by atoms with E-state index in [-0.39, 0.29) is 39.4 Å². The van der Waals surface area contributed by atoms with Crippen molar-refractivity contribution in [3.63, 3.8) is 0 Å². The van der Waals surface area contributed by atoms with E-state index in [0.29, 0.717) is 10.0 Å². The van der Waals surface area contributed by atoms with Crippen LogP contribution < -0.4 is 14.9 Å². The van der Waals surface area contributed by atoms with E-state index in [1.54, 1.807) is 12.1 Å². The topological polar surface area (TPSA) is 137 Å². The van der Waals surface area contributed by atoms with Crippen molar-refractivity contribution >= 4 is 52.9 Å². The fourth-order valence-electron chi connectivity index (χ4n) is 3.23. The van der Waals surface area contributed by atoms with Crippen LogP contribution in [0.4, 0.5) is 5.69 Å². The lowest BCUT2D eigenvalue weighted by Gasteiger charge is -2.11. The predicted molar refractivity (Wildman–Crippen MR) is 147 cm³/mol. The monoisotopic (exact) mass is 577 g/mol. The molecule has 12 heteroatoms. The smallest absolute Gasteiger partial charge is 0.343 e. The Morgan fingerprint density at radius 1 is 0.750 bits per heavy atom. The minimum atomic E-state index is -0.720. The second-order valence-electron chi connectivity index (χ2n) is 8.00. The van der Waals surface area contributed by atoms with Gasteiger partial charge in [-0.3, -0.25) is 14.9 Å². The number of benzene rings is 4. The summed E-state index contributed by atoms with van der Waals surface area (Å²) in [6, 6.07) is 21.3. The highest BCUT2D eigenvalue weighted by Gasteiger charge is 2.15. The lowest BCUT2D eigenvalue weighted by molar-refractivity contribution is -0.384. The van der Waals surface area contributed by atoms with Crippen LogP contribution in [0.25, 0.3) is 0 Å². The average Bonchev–Trinajstić information content (AvgIpc) is 2.94. The van der Waals surface area contributed by atoms with E-state index >= 15 is 0 Å². The molecule has 0 aromatic heterocycles. The van der Waals surface area contributed by atoms with Crippen molar-refractivity contribution in [1.82, 2.24) is 5.43 Å². The number of ether oxygens (including phenoxy) is 2. The van der Waals surface area contributed by atoms with Gasteiger partial charge in [-0.25, -0.2) is 15.0 Å². The van der Waals surface area contributed by atoms with E-state index in [1.807, 2.05) is 0 Å². The Labute approximate surface area is 236 Å². The average molecular weight is 578 g/mol. The van der Waals surface area contributed by atoms with Crippen molar-refractivity contribution in [3.05, 3.63) is 133 Å². The zero-order valence-corrected chi connectivity index (χ0v) is 21.8. The van der Waals surface area contributed by atoms with Crippen LogP contribution in [0, 0.1) is 10.1 Å². The third-order valence-corrected chi connectivity index (χ3v) is 5.77. The molecule has 0 unspecified atom stereocenters. The number of non-ortho nitro benzene ring substituents is 1. The lowest BCUT2D eigenvalue weighted by Crippen LogP contribution is -2.17. The quantitative estimate of drug-likeness (QED) is 0.0876. The number of carbonyl (C=O) groups excluding carboxylic acids is 3. The summed E-state index contributed by atoms with van der Waals surface area (Å²) in [5, 5.41) is 15.6. The molecule has 4 rings (SSSR count). The molecule has 0 fully saturated rings. The molecule has 0 aliphatic rings. The van der Waals surface area contributed by atoms with E-state index in [4.69, 9.17) is 32.7 Å². The summed E-state index contributed by atoms with van der Waals surface area (Å²) in [5.74, 6) is -1.95. The SMILES string of the molecule is O=C(N/N=C/c1ccc(OC(=O)c2ccc(Cl)cc2)cc1OC(=O)c1ccc(Cl)cc1)c1ccc([N+](=O)[O-])cc1. The predicted octanol–water partition coefficient (Wildman–Crippen LogP) is 6.10. The molecule has 200 valence electrons. The maximum Gasteiger partial charge on any atom is 0.343 e. The zero-order valence-electron chi connectivity index (χ0n) is 20.2. The molecule has 1 amide bonds. The van der Waals surface area contributed by atoms with Crippen LogP contribution in [-0.2, 0) is 0 Å². The third-order valence-electron chi connectivity index (χ3n) is 5.27. The Balaban J connectivity index is 1.55. The van der Waals surface area contributed by atoms with Gasteiger partial charge < -0.3 is 9.47 Å². The number of carbonyl (C=O) groups is 3. The Kier molecular flexibility index (Phi) is 8.85. The minimum Gasteiger partial charge on any atom is -0.423 e. The van der Waals surface area contributed by atoms with E-state index in [9.17, 15) is 24.5 Å². The second kappa shape index (κ2) is 12.7. The maximum atomic E-state index is 12.8. The zero-order chi connectivity index (χ0) is 28.6. The number of halogens is 2. The van der Waals surface area contributed by atoms with Gasteiger partial charge in [0.1, 0.15) is 11.5 Å². The molecule has 0 saturated carbocycles. The van der Waals surface area contributed by atoms with Gasteiger partial charge in [-0.15, -0.1) is 0 Å². The fourth-order valence-corrected chi connectivity index (χ4v) is 3.48. The Bertz CT molecular complexity index is 1600. The molecule has 0 aliphatic carbocycles. The van der Waals surface area contributed by atoms with Crippen LogP contribution in [0.1, 0.15) is 36.6 Å². The molecule has 4 aromatic rings. The number of hydrogen-bond donors (Lipinski definition) is 1. The third kappa shape index (κ3) is 7.28. The first-order valence-electron chi connectivity index (χ1n) is 11.4. The highest BCUT2D eigenvalue weighted by atomic mass is 35.5. The van der Waals surface area contributed by atoms with Crippen molar-refractivity contribution in [2.24, 2.45) is 5.10 Å². The van der Waals surface area contributed by atoms with E-state index in [2.05, 4.69) is 10.5 Å². The molecule has 0 atom stereocenters. The van der Waals surface area contributed by atoms with Crippen molar-refractivity contribution in [1.29, 1.82) is 0 Å². The maximum absolute atomic E-state index is 12.8.